The van der Waals surface area contributed by atoms with Crippen LogP contribution in [0, 0.1) is 6.92 Å². The zero-order chi connectivity index (χ0) is 14.0. The van der Waals surface area contributed by atoms with Crippen molar-refractivity contribution in [3.8, 4) is 0 Å². The highest BCUT2D eigenvalue weighted by Crippen LogP contribution is 2.27. The molecular weight excluding hydrogens is 264 g/mol. The number of halogens is 1. The van der Waals surface area contributed by atoms with E-state index in [9.17, 15) is 9.59 Å². The molecule has 1 aromatic rings. The molecule has 0 radical (unpaired) electrons. The molecule has 0 spiro atoms. The van der Waals surface area contributed by atoms with Gasteiger partial charge in [-0.1, -0.05) is 35.4 Å². The first kappa shape index (κ1) is 13.4. The fraction of sp³-hybridized carbons (Fsp3) is 0.143. The Bertz CT molecular complexity index is 576. The molecule has 1 aromatic carbocycles. The average Bonchev–Trinajstić information content (AvgIpc) is 2.60. The molecule has 1 N–H and O–H groups in total. The molecule has 0 aromatic heterocycles. The first-order valence-electron chi connectivity index (χ1n) is 5.76. The Morgan fingerprint density at radius 2 is 1.89 bits per heavy atom. The molecule has 0 saturated carbocycles. The molecule has 1 aliphatic heterocycles. The van der Waals surface area contributed by atoms with Crippen molar-refractivity contribution in [2.24, 2.45) is 0 Å². The van der Waals surface area contributed by atoms with Crippen LogP contribution in [0.15, 0.2) is 47.6 Å². The quantitative estimate of drug-likeness (QED) is 0.677. The van der Waals surface area contributed by atoms with Gasteiger partial charge in [0.2, 0.25) is 0 Å². The highest BCUT2D eigenvalue weighted by molar-refractivity contribution is 6.52. The smallest absolute Gasteiger partial charge is 0.283 e. The number of rotatable bonds is 4. The monoisotopic (exact) mass is 276 g/mol. The van der Waals surface area contributed by atoms with Gasteiger partial charge in [0.25, 0.3) is 11.8 Å². The van der Waals surface area contributed by atoms with E-state index in [2.05, 4.69) is 11.9 Å². The third-order valence-corrected chi connectivity index (χ3v) is 3.09. The number of aryl methyl sites for hydroxylation is 1. The average molecular weight is 277 g/mol. The number of imide groups is 1. The van der Waals surface area contributed by atoms with Crippen LogP contribution in [0.4, 0.5) is 5.69 Å². The highest BCUT2D eigenvalue weighted by atomic mass is 35.5. The fourth-order valence-corrected chi connectivity index (χ4v) is 1.99. The summed E-state index contributed by atoms with van der Waals surface area (Å²) < 4.78 is 0. The predicted molar refractivity (Wildman–Crippen MR) is 74.8 cm³/mol. The molecule has 19 heavy (non-hydrogen) atoms. The number of anilines is 1. The van der Waals surface area contributed by atoms with Crippen LogP contribution in [-0.4, -0.2) is 18.4 Å². The Balaban J connectivity index is 2.31. The molecule has 2 rings (SSSR count). The maximum absolute atomic E-state index is 12.2. The van der Waals surface area contributed by atoms with Gasteiger partial charge >= 0.3 is 0 Å². The van der Waals surface area contributed by atoms with Crippen molar-refractivity contribution in [3.05, 3.63) is 53.2 Å². The lowest BCUT2D eigenvalue weighted by Crippen LogP contribution is -2.33. The summed E-state index contributed by atoms with van der Waals surface area (Å²) >= 11 is 5.91. The van der Waals surface area contributed by atoms with E-state index in [0.717, 1.165) is 10.5 Å². The van der Waals surface area contributed by atoms with Crippen molar-refractivity contribution in [2.45, 2.75) is 6.92 Å². The van der Waals surface area contributed by atoms with Gasteiger partial charge in [-0.3, -0.25) is 9.59 Å². The van der Waals surface area contributed by atoms with Gasteiger partial charge in [0.1, 0.15) is 10.7 Å². The molecule has 2 amide bonds. The zero-order valence-electron chi connectivity index (χ0n) is 10.4. The van der Waals surface area contributed by atoms with Gasteiger partial charge in [0, 0.05) is 6.54 Å². The molecule has 5 heteroatoms. The number of carbonyl (C=O) groups excluding carboxylic acids is 2. The van der Waals surface area contributed by atoms with Gasteiger partial charge in [-0.05, 0) is 19.1 Å². The van der Waals surface area contributed by atoms with Crippen LogP contribution in [0.2, 0.25) is 0 Å². The number of benzene rings is 1. The standard InChI is InChI=1S/C14H13ClN2O2/c1-3-8-16-12-11(15)13(18)17(14(12)19)10-6-4-9(2)5-7-10/h3-7,16H,1,8H2,2H3. The summed E-state index contributed by atoms with van der Waals surface area (Å²) in [6.07, 6.45) is 1.59. The number of amides is 2. The van der Waals surface area contributed by atoms with Crippen LogP contribution in [0.25, 0.3) is 0 Å². The van der Waals surface area contributed by atoms with Crippen molar-refractivity contribution in [3.63, 3.8) is 0 Å². The lowest BCUT2D eigenvalue weighted by Gasteiger charge is -2.14. The van der Waals surface area contributed by atoms with E-state index >= 15 is 0 Å². The van der Waals surface area contributed by atoms with Crippen LogP contribution < -0.4 is 10.2 Å². The molecule has 0 unspecified atom stereocenters. The molecule has 1 aliphatic rings. The minimum absolute atomic E-state index is 0.0903. The summed E-state index contributed by atoms with van der Waals surface area (Å²) in [4.78, 5) is 25.3. The van der Waals surface area contributed by atoms with Gasteiger partial charge in [0.05, 0.1) is 5.69 Å². The normalized spacial score (nSPS) is 15.2. The summed E-state index contributed by atoms with van der Waals surface area (Å²) in [5, 5.41) is 2.70. The molecule has 0 bridgehead atoms. The predicted octanol–water partition coefficient (Wildman–Crippen LogP) is 2.09. The minimum atomic E-state index is -0.512. The highest BCUT2D eigenvalue weighted by Gasteiger charge is 2.38. The van der Waals surface area contributed by atoms with Crippen molar-refractivity contribution >= 4 is 29.1 Å². The molecule has 4 nitrogen and oxygen atoms in total. The third-order valence-electron chi connectivity index (χ3n) is 2.74. The van der Waals surface area contributed by atoms with E-state index in [1.165, 1.54) is 0 Å². The Kier molecular flexibility index (Phi) is 3.71. The molecule has 98 valence electrons. The molecule has 0 fully saturated rings. The largest absolute Gasteiger partial charge is 0.376 e. The summed E-state index contributed by atoms with van der Waals surface area (Å²) in [5.74, 6) is -0.956. The topological polar surface area (TPSA) is 49.4 Å². The zero-order valence-corrected chi connectivity index (χ0v) is 11.2. The minimum Gasteiger partial charge on any atom is -0.376 e. The van der Waals surface area contributed by atoms with Crippen LogP contribution >= 0.6 is 11.6 Å². The maximum Gasteiger partial charge on any atom is 0.283 e. The van der Waals surface area contributed by atoms with Crippen molar-refractivity contribution in [2.75, 3.05) is 11.4 Å². The van der Waals surface area contributed by atoms with E-state index in [1.54, 1.807) is 18.2 Å². The molecule has 0 atom stereocenters. The number of nitrogens with one attached hydrogen (secondary N) is 1. The summed E-state index contributed by atoms with van der Waals surface area (Å²) in [6.45, 7) is 5.84. The van der Waals surface area contributed by atoms with E-state index < -0.39 is 11.8 Å². The first-order valence-corrected chi connectivity index (χ1v) is 6.14. The van der Waals surface area contributed by atoms with E-state index in [0.29, 0.717) is 12.2 Å². The number of carbonyl (C=O) groups is 2. The second-order valence-electron chi connectivity index (χ2n) is 4.14. The van der Waals surface area contributed by atoms with Crippen molar-refractivity contribution in [1.82, 2.24) is 5.32 Å². The second-order valence-corrected chi connectivity index (χ2v) is 4.52. The first-order chi connectivity index (χ1) is 9.06. The Morgan fingerprint density at radius 3 is 2.47 bits per heavy atom. The SMILES string of the molecule is C=CCNC1=C(Cl)C(=O)N(c2ccc(C)cc2)C1=O. The summed E-state index contributed by atoms with van der Waals surface area (Å²) in [5.41, 5.74) is 1.67. The van der Waals surface area contributed by atoms with Gasteiger partial charge < -0.3 is 5.32 Å². The lowest BCUT2D eigenvalue weighted by atomic mass is 10.2. The Labute approximate surface area is 116 Å². The second kappa shape index (κ2) is 5.28. The number of hydrogen-bond acceptors (Lipinski definition) is 3. The molecule has 1 heterocycles. The van der Waals surface area contributed by atoms with Crippen molar-refractivity contribution < 1.29 is 9.59 Å². The third kappa shape index (κ3) is 2.39. The van der Waals surface area contributed by atoms with Crippen molar-refractivity contribution in [1.29, 1.82) is 0 Å². The number of nitrogens with zero attached hydrogens (tertiary/aromatic N) is 1. The van der Waals surface area contributed by atoms with E-state index in [4.69, 9.17) is 11.6 Å². The van der Waals surface area contributed by atoms with Crippen LogP contribution in [-0.2, 0) is 9.59 Å². The number of hydrogen-bond donors (Lipinski definition) is 1. The lowest BCUT2D eigenvalue weighted by molar-refractivity contribution is -0.120. The summed E-state index contributed by atoms with van der Waals surface area (Å²) in [7, 11) is 0. The Morgan fingerprint density at radius 1 is 1.26 bits per heavy atom. The van der Waals surface area contributed by atoms with Gasteiger partial charge in [-0.15, -0.1) is 6.58 Å². The molecule has 0 saturated heterocycles. The van der Waals surface area contributed by atoms with E-state index in [-0.39, 0.29) is 10.7 Å². The van der Waals surface area contributed by atoms with Gasteiger partial charge in [-0.2, -0.15) is 0 Å². The van der Waals surface area contributed by atoms with Crippen LogP contribution in [0.3, 0.4) is 0 Å². The van der Waals surface area contributed by atoms with E-state index in [1.807, 2.05) is 19.1 Å². The van der Waals surface area contributed by atoms with Crippen LogP contribution in [0.5, 0.6) is 0 Å². The van der Waals surface area contributed by atoms with Gasteiger partial charge in [0.15, 0.2) is 0 Å². The maximum atomic E-state index is 12.2. The Hall–Kier alpha value is -2.07. The summed E-state index contributed by atoms with van der Waals surface area (Å²) in [6, 6.07) is 7.09. The van der Waals surface area contributed by atoms with Crippen LogP contribution in [0.1, 0.15) is 5.56 Å². The molecule has 0 aliphatic carbocycles. The fourth-order valence-electron chi connectivity index (χ4n) is 1.76. The van der Waals surface area contributed by atoms with Gasteiger partial charge in [-0.25, -0.2) is 4.90 Å². The molecular formula is C14H13ClN2O2.